The number of hydrogen-bond donors (Lipinski definition) is 2. The van der Waals surface area contributed by atoms with Crippen molar-refractivity contribution in [1.82, 2.24) is 9.97 Å². The van der Waals surface area contributed by atoms with E-state index in [1.54, 1.807) is 12.1 Å². The van der Waals surface area contributed by atoms with Gasteiger partial charge in [0, 0.05) is 28.8 Å². The summed E-state index contributed by atoms with van der Waals surface area (Å²) in [6.07, 6.45) is 1.80. The summed E-state index contributed by atoms with van der Waals surface area (Å²) in [5.74, 6) is 0.0173. The van der Waals surface area contributed by atoms with Gasteiger partial charge >= 0.3 is 0 Å². The molecule has 0 bridgehead atoms. The summed E-state index contributed by atoms with van der Waals surface area (Å²) in [6, 6.07) is 4.55. The van der Waals surface area contributed by atoms with E-state index in [1.165, 1.54) is 12.3 Å². The molecule has 0 saturated heterocycles. The first-order chi connectivity index (χ1) is 8.08. The fourth-order valence-corrected chi connectivity index (χ4v) is 1.86. The molecule has 3 nitrogen and oxygen atoms in total. The molecule has 0 saturated carbocycles. The summed E-state index contributed by atoms with van der Waals surface area (Å²) in [6.45, 7) is 0. The molecular weight excluding hydrogens is 261 g/mol. The normalized spacial score (nSPS) is 10.5. The number of nitrogens with zero attached hydrogens (tertiary/aromatic N) is 1. The Bertz CT molecular complexity index is 592. The summed E-state index contributed by atoms with van der Waals surface area (Å²) in [4.78, 5) is 6.62. The van der Waals surface area contributed by atoms with Gasteiger partial charge in [0.05, 0.1) is 0 Å². The quantitative estimate of drug-likeness (QED) is 0.824. The minimum Gasteiger partial charge on any atom is -0.385 e. The van der Waals surface area contributed by atoms with Gasteiger partial charge in [-0.25, -0.2) is 9.37 Å². The van der Waals surface area contributed by atoms with E-state index in [0.29, 0.717) is 26.7 Å². The third-order valence-electron chi connectivity index (χ3n) is 2.35. The summed E-state index contributed by atoms with van der Waals surface area (Å²) >= 11 is 10.8. The van der Waals surface area contributed by atoms with Crippen molar-refractivity contribution in [3.63, 3.8) is 0 Å². The van der Waals surface area contributed by atoms with Gasteiger partial charge in [-0.2, -0.15) is 0 Å². The lowest BCUT2D eigenvalue weighted by Crippen LogP contribution is -2.02. The first-order valence-electron chi connectivity index (χ1n) is 4.84. The van der Waals surface area contributed by atoms with Crippen LogP contribution in [0.4, 0.5) is 10.2 Å². The van der Waals surface area contributed by atoms with Crippen molar-refractivity contribution in [2.24, 2.45) is 0 Å². The van der Waals surface area contributed by atoms with E-state index >= 15 is 0 Å². The smallest absolute Gasteiger partial charge is 0.198 e. The van der Waals surface area contributed by atoms with Crippen LogP contribution in [0.5, 0.6) is 0 Å². The lowest BCUT2D eigenvalue weighted by atomic mass is 10.1. The molecule has 3 N–H and O–H groups in total. The van der Waals surface area contributed by atoms with E-state index < -0.39 is 0 Å². The Hall–Kier alpha value is -1.46. The number of H-pyrrole nitrogens is 1. The number of aromatic nitrogens is 2. The predicted molar refractivity (Wildman–Crippen MR) is 68.1 cm³/mol. The molecule has 0 radical (unpaired) electrons. The van der Waals surface area contributed by atoms with E-state index in [9.17, 15) is 4.39 Å². The van der Waals surface area contributed by atoms with Gasteiger partial charge in [0.2, 0.25) is 0 Å². The van der Waals surface area contributed by atoms with Crippen molar-refractivity contribution >= 4 is 29.6 Å². The van der Waals surface area contributed by atoms with E-state index in [1.807, 2.05) is 0 Å². The summed E-state index contributed by atoms with van der Waals surface area (Å²) in [7, 11) is 0. The number of halogens is 2. The molecule has 0 amide bonds. The molecule has 2 rings (SSSR count). The molecule has 1 aromatic heterocycles. The Labute approximate surface area is 107 Å². The highest BCUT2D eigenvalue weighted by molar-refractivity contribution is 7.71. The number of benzene rings is 1. The molecule has 0 aliphatic heterocycles. The van der Waals surface area contributed by atoms with Crippen molar-refractivity contribution in [3.8, 4) is 0 Å². The first-order valence-corrected chi connectivity index (χ1v) is 5.63. The Kier molecular flexibility index (Phi) is 3.40. The third kappa shape index (κ3) is 2.62. The SMILES string of the molecule is Nc1[nH]c(=S)ncc1Cc1c(F)cccc1Cl. The molecule has 17 heavy (non-hydrogen) atoms. The summed E-state index contributed by atoms with van der Waals surface area (Å²) in [5.41, 5.74) is 6.80. The number of hydrogen-bond acceptors (Lipinski definition) is 3. The number of nitrogens with two attached hydrogens (primary N) is 1. The molecule has 1 heterocycles. The van der Waals surface area contributed by atoms with Crippen LogP contribution in [0.1, 0.15) is 11.1 Å². The number of aromatic amines is 1. The zero-order chi connectivity index (χ0) is 12.4. The second-order valence-corrected chi connectivity index (χ2v) is 4.30. The molecule has 0 aliphatic carbocycles. The molecular formula is C11H9ClFN3S. The van der Waals surface area contributed by atoms with Gasteiger partial charge in [-0.15, -0.1) is 0 Å². The monoisotopic (exact) mass is 269 g/mol. The van der Waals surface area contributed by atoms with Crippen LogP contribution in [0.3, 0.4) is 0 Å². The average molecular weight is 270 g/mol. The predicted octanol–water partition coefficient (Wildman–Crippen LogP) is 3.10. The van der Waals surface area contributed by atoms with Gasteiger partial charge in [0.25, 0.3) is 0 Å². The highest BCUT2D eigenvalue weighted by Gasteiger charge is 2.10. The largest absolute Gasteiger partial charge is 0.385 e. The van der Waals surface area contributed by atoms with Crippen molar-refractivity contribution in [2.75, 3.05) is 5.73 Å². The van der Waals surface area contributed by atoms with Gasteiger partial charge in [0.15, 0.2) is 4.77 Å². The second kappa shape index (κ2) is 4.81. The van der Waals surface area contributed by atoms with Crippen LogP contribution >= 0.6 is 23.8 Å². The molecule has 0 unspecified atom stereocenters. The first kappa shape index (κ1) is 12.0. The second-order valence-electron chi connectivity index (χ2n) is 3.50. The van der Waals surface area contributed by atoms with Crippen molar-refractivity contribution in [1.29, 1.82) is 0 Å². The van der Waals surface area contributed by atoms with Crippen molar-refractivity contribution in [3.05, 3.63) is 51.1 Å². The van der Waals surface area contributed by atoms with Gasteiger partial charge in [-0.3, -0.25) is 0 Å². The van der Waals surface area contributed by atoms with E-state index in [-0.39, 0.29) is 12.2 Å². The van der Waals surface area contributed by atoms with Crippen molar-refractivity contribution in [2.45, 2.75) is 6.42 Å². The Morgan fingerprint density at radius 3 is 2.88 bits per heavy atom. The van der Waals surface area contributed by atoms with Gasteiger partial charge in [0.1, 0.15) is 11.6 Å². The van der Waals surface area contributed by atoms with Crippen LogP contribution in [0, 0.1) is 10.6 Å². The molecule has 0 atom stereocenters. The van der Waals surface area contributed by atoms with Gasteiger partial charge in [-0.1, -0.05) is 17.7 Å². The fourth-order valence-electron chi connectivity index (χ4n) is 1.47. The minimum absolute atomic E-state index is 0.274. The van der Waals surface area contributed by atoms with Crippen LogP contribution in [0.2, 0.25) is 5.02 Å². The Balaban J connectivity index is 2.41. The maximum absolute atomic E-state index is 13.6. The molecule has 0 aliphatic rings. The maximum Gasteiger partial charge on any atom is 0.198 e. The molecule has 1 aromatic carbocycles. The minimum atomic E-state index is -0.362. The summed E-state index contributed by atoms with van der Waals surface area (Å²) in [5, 5.41) is 0.367. The van der Waals surface area contributed by atoms with E-state index in [2.05, 4.69) is 9.97 Å². The topological polar surface area (TPSA) is 54.7 Å². The average Bonchev–Trinajstić information content (AvgIpc) is 2.26. The highest BCUT2D eigenvalue weighted by atomic mass is 35.5. The number of rotatable bonds is 2. The fraction of sp³-hybridized carbons (Fsp3) is 0.0909. The molecule has 88 valence electrons. The molecule has 0 fully saturated rings. The number of nitrogens with one attached hydrogen (secondary N) is 1. The maximum atomic E-state index is 13.6. The van der Waals surface area contributed by atoms with E-state index in [0.717, 1.165) is 0 Å². The zero-order valence-corrected chi connectivity index (χ0v) is 10.3. The van der Waals surface area contributed by atoms with Crippen LogP contribution in [-0.2, 0) is 6.42 Å². The lowest BCUT2D eigenvalue weighted by Gasteiger charge is -2.07. The number of nitrogen functional groups attached to an aromatic ring is 1. The standard InChI is InChI=1S/C11H9ClFN3S/c12-8-2-1-3-9(13)7(8)4-6-5-15-11(17)16-10(6)14/h1-3,5H,4H2,(H3,14,15,16,17). The van der Waals surface area contributed by atoms with Crippen LogP contribution in [0.15, 0.2) is 24.4 Å². The van der Waals surface area contributed by atoms with Crippen molar-refractivity contribution < 1.29 is 4.39 Å². The number of anilines is 1. The van der Waals surface area contributed by atoms with Gasteiger partial charge < -0.3 is 10.7 Å². The molecule has 0 spiro atoms. The third-order valence-corrected chi connectivity index (χ3v) is 2.92. The van der Waals surface area contributed by atoms with E-state index in [4.69, 9.17) is 29.6 Å². The Morgan fingerprint density at radius 2 is 2.24 bits per heavy atom. The van der Waals surface area contributed by atoms with Gasteiger partial charge in [-0.05, 0) is 24.4 Å². The molecule has 6 heteroatoms. The van der Waals surface area contributed by atoms with Crippen LogP contribution in [-0.4, -0.2) is 9.97 Å². The van der Waals surface area contributed by atoms with Crippen LogP contribution < -0.4 is 5.73 Å². The lowest BCUT2D eigenvalue weighted by molar-refractivity contribution is 0.614. The summed E-state index contributed by atoms with van der Waals surface area (Å²) < 4.78 is 13.9. The zero-order valence-electron chi connectivity index (χ0n) is 8.71. The van der Waals surface area contributed by atoms with Crippen LogP contribution in [0.25, 0.3) is 0 Å². The molecule has 2 aromatic rings. The highest BCUT2D eigenvalue weighted by Crippen LogP contribution is 2.23. The Morgan fingerprint density at radius 1 is 1.47 bits per heavy atom.